The van der Waals surface area contributed by atoms with E-state index in [2.05, 4.69) is 25.3 Å². The molecule has 4 aromatic rings. The molecule has 1 atom stereocenters. The van der Waals surface area contributed by atoms with Crippen LogP contribution in [0.2, 0.25) is 0 Å². The average molecular weight is 448 g/mol. The molecule has 0 aliphatic rings. The van der Waals surface area contributed by atoms with Crippen LogP contribution >= 0.6 is 11.3 Å². The number of rotatable bonds is 6. The molecule has 0 saturated heterocycles. The van der Waals surface area contributed by atoms with Gasteiger partial charge in [0.05, 0.1) is 4.88 Å². The average Bonchev–Trinajstić information content (AvgIpc) is 3.20. The molecule has 0 fully saturated rings. The third-order valence-electron chi connectivity index (χ3n) is 4.45. The normalized spacial score (nSPS) is 12.8. The maximum absolute atomic E-state index is 13.4. The molecular weight excluding hydrogens is 432 g/mol. The van der Waals surface area contributed by atoms with Crippen molar-refractivity contribution in [2.24, 2.45) is 5.73 Å². The summed E-state index contributed by atoms with van der Waals surface area (Å²) in [5.74, 6) is -1.71. The second-order valence-electron chi connectivity index (χ2n) is 6.86. The molecule has 0 aliphatic carbocycles. The molecule has 0 radical (unpaired) electrons. The Hall–Kier alpha value is -3.18. The van der Waals surface area contributed by atoms with Crippen LogP contribution in [0, 0.1) is 5.95 Å². The molecule has 31 heavy (non-hydrogen) atoms. The molecular formula is C20H16F4N6S. The summed E-state index contributed by atoms with van der Waals surface area (Å²) in [7, 11) is 0. The van der Waals surface area contributed by atoms with Gasteiger partial charge >= 0.3 is 6.18 Å². The number of alkyl halides is 3. The minimum absolute atomic E-state index is 0.313. The molecule has 1 unspecified atom stereocenters. The molecule has 3 N–H and O–H groups in total. The van der Waals surface area contributed by atoms with E-state index >= 15 is 0 Å². The van der Waals surface area contributed by atoms with Crippen LogP contribution in [-0.2, 0) is 12.6 Å². The number of benzene rings is 1. The first-order chi connectivity index (χ1) is 14.8. The number of thiazole rings is 1. The highest BCUT2D eigenvalue weighted by molar-refractivity contribution is 7.18. The molecule has 160 valence electrons. The number of hydrogen-bond donors (Lipinski definition) is 2. The highest BCUT2D eigenvalue weighted by Crippen LogP contribution is 2.31. The summed E-state index contributed by atoms with van der Waals surface area (Å²) in [6.45, 7) is 0.364. The largest absolute Gasteiger partial charge is 0.451 e. The molecule has 4 rings (SSSR count). The van der Waals surface area contributed by atoms with Crippen LogP contribution in [-0.4, -0.2) is 32.5 Å². The van der Waals surface area contributed by atoms with E-state index in [1.54, 1.807) is 6.20 Å². The van der Waals surface area contributed by atoms with Crippen molar-refractivity contribution >= 4 is 27.2 Å². The molecule has 0 saturated carbocycles. The highest BCUT2D eigenvalue weighted by Gasteiger charge is 2.34. The Morgan fingerprint density at radius 2 is 1.74 bits per heavy atom. The van der Waals surface area contributed by atoms with Gasteiger partial charge < -0.3 is 11.1 Å². The quantitative estimate of drug-likeness (QED) is 0.338. The van der Waals surface area contributed by atoms with Crippen molar-refractivity contribution in [1.29, 1.82) is 0 Å². The summed E-state index contributed by atoms with van der Waals surface area (Å²) in [5, 5.41) is 5.36. The van der Waals surface area contributed by atoms with E-state index < -0.39 is 17.9 Å². The Kier molecular flexibility index (Phi) is 5.79. The number of nitrogens with two attached hydrogens (primary N) is 1. The van der Waals surface area contributed by atoms with Crippen molar-refractivity contribution in [3.8, 4) is 10.4 Å². The number of nitrogens with one attached hydrogen (secondary N) is 1. The first-order valence-electron chi connectivity index (χ1n) is 9.17. The van der Waals surface area contributed by atoms with Gasteiger partial charge in [-0.15, -0.1) is 0 Å². The van der Waals surface area contributed by atoms with E-state index in [9.17, 15) is 17.6 Å². The summed E-state index contributed by atoms with van der Waals surface area (Å²) in [4.78, 5) is 15.5. The van der Waals surface area contributed by atoms with Crippen LogP contribution in [0.3, 0.4) is 0 Å². The van der Waals surface area contributed by atoms with E-state index in [4.69, 9.17) is 5.73 Å². The first-order valence-corrected chi connectivity index (χ1v) is 9.98. The van der Waals surface area contributed by atoms with Gasteiger partial charge in [0.15, 0.2) is 5.13 Å². The standard InChI is InChI=1S/C20H16F4N6S/c21-17-5-14-4-12(1-2-13(14)8-26-17)16-10-30-19(31-16)29-9-15(25)3-11-6-27-18(28-7-11)20(22,23)24/h1-2,4-8,10,15H,3,9,25H2,(H,29,30). The fourth-order valence-electron chi connectivity index (χ4n) is 2.96. The Morgan fingerprint density at radius 1 is 0.968 bits per heavy atom. The fourth-order valence-corrected chi connectivity index (χ4v) is 3.78. The maximum atomic E-state index is 13.4. The second-order valence-corrected chi connectivity index (χ2v) is 7.89. The minimum atomic E-state index is -4.57. The number of fused-ring (bicyclic) bond motifs is 1. The topological polar surface area (TPSA) is 89.6 Å². The lowest BCUT2D eigenvalue weighted by Crippen LogP contribution is -2.31. The molecule has 1 aromatic carbocycles. The van der Waals surface area contributed by atoms with Gasteiger partial charge in [0.2, 0.25) is 11.8 Å². The summed E-state index contributed by atoms with van der Waals surface area (Å²) in [6, 6.07) is 6.65. The van der Waals surface area contributed by atoms with Crippen molar-refractivity contribution in [1.82, 2.24) is 19.9 Å². The Morgan fingerprint density at radius 3 is 2.48 bits per heavy atom. The predicted octanol–water partition coefficient (Wildman–Crippen LogP) is 4.29. The monoisotopic (exact) mass is 448 g/mol. The van der Waals surface area contributed by atoms with Gasteiger partial charge in [0.25, 0.3) is 0 Å². The zero-order valence-electron chi connectivity index (χ0n) is 15.9. The van der Waals surface area contributed by atoms with E-state index in [0.717, 1.165) is 33.6 Å². The lowest BCUT2D eigenvalue weighted by Gasteiger charge is -2.12. The smallest absolute Gasteiger partial charge is 0.360 e. The summed E-state index contributed by atoms with van der Waals surface area (Å²) < 4.78 is 51.0. The predicted molar refractivity (Wildman–Crippen MR) is 110 cm³/mol. The Labute approximate surface area is 178 Å². The number of nitrogens with zero attached hydrogens (tertiary/aromatic N) is 4. The van der Waals surface area contributed by atoms with Crippen molar-refractivity contribution in [3.05, 3.63) is 66.4 Å². The number of anilines is 1. The highest BCUT2D eigenvalue weighted by atomic mass is 32.1. The van der Waals surface area contributed by atoms with Crippen molar-refractivity contribution in [2.75, 3.05) is 11.9 Å². The number of aromatic nitrogens is 4. The van der Waals surface area contributed by atoms with Gasteiger partial charge in [-0.2, -0.15) is 17.6 Å². The lowest BCUT2D eigenvalue weighted by molar-refractivity contribution is -0.145. The van der Waals surface area contributed by atoms with Crippen molar-refractivity contribution < 1.29 is 17.6 Å². The van der Waals surface area contributed by atoms with Crippen LogP contribution in [0.25, 0.3) is 21.2 Å². The van der Waals surface area contributed by atoms with E-state index in [0.29, 0.717) is 23.7 Å². The summed E-state index contributed by atoms with van der Waals surface area (Å²) in [6.07, 6.45) is 1.21. The Balaban J connectivity index is 1.37. The summed E-state index contributed by atoms with van der Waals surface area (Å²) in [5.41, 5.74) is 7.48. The van der Waals surface area contributed by atoms with E-state index in [1.165, 1.54) is 23.6 Å². The molecule has 6 nitrogen and oxygen atoms in total. The van der Waals surface area contributed by atoms with Gasteiger partial charge in [-0.1, -0.05) is 23.5 Å². The first kappa shape index (κ1) is 21.1. The SMILES string of the molecule is NC(CNc1ncc(-c2ccc3cnc(F)cc3c2)s1)Cc1cnc(C(F)(F)F)nc1. The van der Waals surface area contributed by atoms with E-state index in [-0.39, 0.29) is 6.04 Å². The molecule has 0 aliphatic heterocycles. The molecule has 11 heteroatoms. The zero-order chi connectivity index (χ0) is 22.0. The van der Waals surface area contributed by atoms with Crippen LogP contribution in [0.1, 0.15) is 11.4 Å². The third kappa shape index (κ3) is 5.12. The summed E-state index contributed by atoms with van der Waals surface area (Å²) >= 11 is 1.41. The number of halogens is 4. The van der Waals surface area contributed by atoms with Gasteiger partial charge in [-0.25, -0.2) is 19.9 Å². The fraction of sp³-hybridized carbons (Fsp3) is 0.200. The van der Waals surface area contributed by atoms with Gasteiger partial charge in [0.1, 0.15) is 0 Å². The van der Waals surface area contributed by atoms with Crippen LogP contribution < -0.4 is 11.1 Å². The second kappa shape index (κ2) is 8.52. The third-order valence-corrected chi connectivity index (χ3v) is 5.45. The number of hydrogen-bond acceptors (Lipinski definition) is 7. The lowest BCUT2D eigenvalue weighted by atomic mass is 10.1. The van der Waals surface area contributed by atoms with Crippen LogP contribution in [0.4, 0.5) is 22.7 Å². The van der Waals surface area contributed by atoms with Crippen molar-refractivity contribution in [3.63, 3.8) is 0 Å². The maximum Gasteiger partial charge on any atom is 0.451 e. The molecule has 0 bridgehead atoms. The Bertz CT molecular complexity index is 1190. The van der Waals surface area contributed by atoms with Crippen LogP contribution in [0.5, 0.6) is 0 Å². The molecule has 0 spiro atoms. The zero-order valence-corrected chi connectivity index (χ0v) is 16.7. The van der Waals surface area contributed by atoms with E-state index in [1.807, 2.05) is 18.2 Å². The van der Waals surface area contributed by atoms with Crippen LogP contribution in [0.15, 0.2) is 49.1 Å². The molecule has 3 heterocycles. The molecule has 3 aromatic heterocycles. The van der Waals surface area contributed by atoms with Gasteiger partial charge in [0, 0.05) is 48.8 Å². The van der Waals surface area contributed by atoms with Gasteiger partial charge in [-0.05, 0) is 29.0 Å². The van der Waals surface area contributed by atoms with Gasteiger partial charge in [-0.3, -0.25) is 0 Å². The minimum Gasteiger partial charge on any atom is -0.360 e. The van der Waals surface area contributed by atoms with Crippen molar-refractivity contribution in [2.45, 2.75) is 18.6 Å². The number of pyridine rings is 1. The molecule has 0 amide bonds.